The van der Waals surface area contributed by atoms with Crippen molar-refractivity contribution >= 4 is 20.6 Å². The summed E-state index contributed by atoms with van der Waals surface area (Å²) in [7, 11) is -4.33. The van der Waals surface area contributed by atoms with Crippen molar-refractivity contribution in [3.05, 3.63) is 29.6 Å². The van der Waals surface area contributed by atoms with E-state index in [9.17, 15) is 12.6 Å². The van der Waals surface area contributed by atoms with Gasteiger partial charge in [-0.15, -0.1) is 0 Å². The lowest BCUT2D eigenvalue weighted by Gasteiger charge is -2.02. The molecule has 0 spiro atoms. The largest absolute Gasteiger partial charge is 0.259 e. The zero-order chi connectivity index (χ0) is 12.9. The fourth-order valence-corrected chi connectivity index (χ4v) is 3.78. The molecular weight excluding hydrogens is 260 g/mol. The molecule has 7 heteroatoms. The molecule has 17 heavy (non-hydrogen) atoms. The summed E-state index contributed by atoms with van der Waals surface area (Å²) in [5.41, 5.74) is 0.992. The molecule has 0 aliphatic carbocycles. The summed E-state index contributed by atoms with van der Waals surface area (Å²) in [4.78, 5) is 3.79. The van der Waals surface area contributed by atoms with Crippen LogP contribution in [0.1, 0.15) is 11.3 Å². The highest BCUT2D eigenvalue weighted by Gasteiger charge is 2.08. The zero-order valence-corrected chi connectivity index (χ0v) is 10.9. The molecule has 0 saturated heterocycles. The first-order valence-electron chi connectivity index (χ1n) is 4.78. The maximum atomic E-state index is 11.6. The molecule has 1 unspecified atom stereocenters. The predicted octanol–water partition coefficient (Wildman–Crippen LogP) is 0.247. The maximum Gasteiger partial charge on any atom is 0.148 e. The van der Waals surface area contributed by atoms with Gasteiger partial charge in [-0.25, -0.2) is 13.4 Å². The van der Waals surface area contributed by atoms with E-state index in [2.05, 4.69) is 4.98 Å². The van der Waals surface area contributed by atoms with Crippen LogP contribution in [0.2, 0.25) is 0 Å². The van der Waals surface area contributed by atoms with Crippen molar-refractivity contribution in [2.75, 3.05) is 17.8 Å². The van der Waals surface area contributed by atoms with Crippen molar-refractivity contribution < 1.29 is 12.6 Å². The van der Waals surface area contributed by atoms with E-state index in [4.69, 9.17) is 5.26 Å². The second-order valence-corrected chi connectivity index (χ2v) is 7.42. The lowest BCUT2D eigenvalue weighted by Crippen LogP contribution is -2.12. The topological polar surface area (TPSA) is 87.9 Å². The second kappa shape index (κ2) is 5.89. The number of rotatable bonds is 5. The van der Waals surface area contributed by atoms with Crippen LogP contribution in [0.15, 0.2) is 18.3 Å². The molecule has 0 saturated carbocycles. The number of nitriles is 1. The Hall–Kier alpha value is -1.26. The van der Waals surface area contributed by atoms with Crippen LogP contribution < -0.4 is 0 Å². The highest BCUT2D eigenvalue weighted by molar-refractivity contribution is 7.92. The highest BCUT2D eigenvalue weighted by Crippen LogP contribution is 2.05. The zero-order valence-electron chi connectivity index (χ0n) is 9.29. The summed E-state index contributed by atoms with van der Waals surface area (Å²) in [5, 5.41) is 8.64. The first kappa shape index (κ1) is 13.8. The second-order valence-electron chi connectivity index (χ2n) is 3.58. The van der Waals surface area contributed by atoms with Gasteiger partial charge in [0.05, 0.1) is 5.75 Å². The van der Waals surface area contributed by atoms with Crippen LogP contribution in [-0.4, -0.2) is 35.4 Å². The molecule has 0 radical (unpaired) electrons. The lowest BCUT2D eigenvalue weighted by molar-refractivity contribution is 0.602. The Morgan fingerprint density at radius 2 is 2.24 bits per heavy atom. The lowest BCUT2D eigenvalue weighted by atomic mass is 10.2. The monoisotopic (exact) mass is 272 g/mol. The summed E-state index contributed by atoms with van der Waals surface area (Å²) in [5.74, 6) is 0.269. The molecule has 1 aromatic rings. The minimum atomic E-state index is -3.08. The average molecular weight is 272 g/mol. The van der Waals surface area contributed by atoms with Gasteiger partial charge in [0.2, 0.25) is 0 Å². The molecule has 5 nitrogen and oxygen atoms in total. The first-order chi connectivity index (χ1) is 7.90. The summed E-state index contributed by atoms with van der Waals surface area (Å²) in [6.45, 7) is 0. The van der Waals surface area contributed by atoms with Crippen molar-refractivity contribution in [1.29, 1.82) is 5.26 Å². The van der Waals surface area contributed by atoms with Crippen LogP contribution in [0.3, 0.4) is 0 Å². The van der Waals surface area contributed by atoms with E-state index in [1.54, 1.807) is 12.1 Å². The minimum absolute atomic E-state index is 0.0875. The molecule has 0 aromatic carbocycles. The van der Waals surface area contributed by atoms with Gasteiger partial charge >= 0.3 is 0 Å². The first-order valence-corrected chi connectivity index (χ1v) is 8.33. The molecule has 1 atom stereocenters. The average Bonchev–Trinajstić information content (AvgIpc) is 2.26. The molecule has 0 fully saturated rings. The Balaban J connectivity index is 2.60. The van der Waals surface area contributed by atoms with Gasteiger partial charge in [-0.2, -0.15) is 5.26 Å². The quantitative estimate of drug-likeness (QED) is 0.766. The fraction of sp³-hybridized carbons (Fsp3) is 0.400. The van der Waals surface area contributed by atoms with Crippen LogP contribution >= 0.6 is 0 Å². The third-order valence-electron chi connectivity index (χ3n) is 1.95. The minimum Gasteiger partial charge on any atom is -0.259 e. The van der Waals surface area contributed by atoms with Crippen LogP contribution in [-0.2, 0) is 26.4 Å². The van der Waals surface area contributed by atoms with E-state index >= 15 is 0 Å². The number of pyridine rings is 1. The Morgan fingerprint density at radius 3 is 2.82 bits per heavy atom. The predicted molar refractivity (Wildman–Crippen MR) is 65.4 cm³/mol. The summed E-state index contributed by atoms with van der Waals surface area (Å²) >= 11 is 0. The maximum absolute atomic E-state index is 11.6. The van der Waals surface area contributed by atoms with Gasteiger partial charge in [0.15, 0.2) is 0 Å². The van der Waals surface area contributed by atoms with E-state index in [1.165, 1.54) is 6.20 Å². The van der Waals surface area contributed by atoms with Crippen LogP contribution in [0.5, 0.6) is 0 Å². The summed E-state index contributed by atoms with van der Waals surface area (Å²) < 4.78 is 33.4. The summed E-state index contributed by atoms with van der Waals surface area (Å²) in [6.07, 6.45) is 2.59. The van der Waals surface area contributed by atoms with Crippen LogP contribution in [0.4, 0.5) is 0 Å². The van der Waals surface area contributed by atoms with Crippen LogP contribution in [0, 0.1) is 11.3 Å². The highest BCUT2D eigenvalue weighted by atomic mass is 32.2. The molecule has 0 aliphatic rings. The number of aromatic nitrogens is 1. The van der Waals surface area contributed by atoms with E-state index < -0.39 is 20.6 Å². The molecule has 1 aromatic heterocycles. The smallest absolute Gasteiger partial charge is 0.148 e. The molecule has 1 heterocycles. The standard InChI is InChI=1S/C10H12N2O3S2/c1-17(14,15)5-4-16(13)8-9-2-3-12-10(6-9)7-11/h2-3,6H,4-5,8H2,1H3. The van der Waals surface area contributed by atoms with E-state index in [1.807, 2.05) is 6.07 Å². The van der Waals surface area contributed by atoms with Crippen LogP contribution in [0.25, 0.3) is 0 Å². The number of hydrogen-bond donors (Lipinski definition) is 0. The number of sulfone groups is 1. The van der Waals surface area contributed by atoms with Gasteiger partial charge in [-0.1, -0.05) is 0 Å². The van der Waals surface area contributed by atoms with Gasteiger partial charge in [0.1, 0.15) is 21.6 Å². The van der Waals surface area contributed by atoms with E-state index in [0.717, 1.165) is 11.8 Å². The number of nitrogens with zero attached hydrogens (tertiary/aromatic N) is 2. The molecule has 1 rings (SSSR count). The van der Waals surface area contributed by atoms with Crippen molar-refractivity contribution in [3.63, 3.8) is 0 Å². The van der Waals surface area contributed by atoms with Gasteiger partial charge in [-0.05, 0) is 17.7 Å². The molecule has 92 valence electrons. The van der Waals surface area contributed by atoms with Crippen molar-refractivity contribution in [3.8, 4) is 6.07 Å². The van der Waals surface area contributed by atoms with Crippen molar-refractivity contribution in [1.82, 2.24) is 4.98 Å². The molecule has 0 bridgehead atoms. The Bertz CT molecular complexity index is 561. The van der Waals surface area contributed by atoms with Gasteiger partial charge in [0, 0.05) is 34.8 Å². The number of hydrogen-bond acceptors (Lipinski definition) is 5. The Kier molecular flexibility index (Phi) is 4.78. The molecule has 0 N–H and O–H groups in total. The van der Waals surface area contributed by atoms with E-state index in [-0.39, 0.29) is 23.0 Å². The van der Waals surface area contributed by atoms with Crippen molar-refractivity contribution in [2.45, 2.75) is 5.75 Å². The third kappa shape index (κ3) is 5.56. The van der Waals surface area contributed by atoms with Gasteiger partial charge in [-0.3, -0.25) is 4.21 Å². The fourth-order valence-electron chi connectivity index (χ4n) is 1.13. The normalized spacial score (nSPS) is 12.9. The summed E-state index contributed by atoms with van der Waals surface area (Å²) in [6, 6.07) is 5.11. The molecule has 0 amide bonds. The Morgan fingerprint density at radius 1 is 1.53 bits per heavy atom. The molecular formula is C10H12N2O3S2. The van der Waals surface area contributed by atoms with E-state index in [0.29, 0.717) is 0 Å². The Labute approximate surface area is 103 Å². The van der Waals surface area contributed by atoms with Gasteiger partial charge in [0.25, 0.3) is 0 Å². The third-order valence-corrected chi connectivity index (χ3v) is 4.47. The van der Waals surface area contributed by atoms with Gasteiger partial charge < -0.3 is 0 Å². The van der Waals surface area contributed by atoms with Crippen molar-refractivity contribution in [2.24, 2.45) is 0 Å². The molecule has 0 aliphatic heterocycles. The SMILES string of the molecule is CS(=O)(=O)CCS(=O)Cc1ccnc(C#N)c1.